The van der Waals surface area contributed by atoms with Gasteiger partial charge in [0.2, 0.25) is 11.9 Å². The first kappa shape index (κ1) is 18.8. The number of pyridine rings is 1. The fourth-order valence-corrected chi connectivity index (χ4v) is 2.42. The van der Waals surface area contributed by atoms with Crippen LogP contribution in [0, 0.1) is 0 Å². The lowest BCUT2D eigenvalue weighted by molar-refractivity contribution is -0.138. The first-order chi connectivity index (χ1) is 12.7. The molecule has 148 valence electrons. The summed E-state index contributed by atoms with van der Waals surface area (Å²) < 4.78 is 36.6. The number of fused-ring (bicyclic) bond motifs is 1. The Balaban J connectivity index is 0.00000280. The SMILES string of the molecule is C[C@@H](Nc1ncnc(-c2c[nH]c3ncc(Cl)cc23)n1)C(=O)NCC(F)(F)F.[HH].[HH].[HH]. The number of nitrogens with zero attached hydrogens (tertiary/aromatic N) is 4. The Kier molecular flexibility index (Phi) is 5.13. The lowest BCUT2D eigenvalue weighted by atomic mass is 10.2. The van der Waals surface area contributed by atoms with Crippen molar-refractivity contribution in [3.8, 4) is 11.4 Å². The third kappa shape index (κ3) is 4.61. The van der Waals surface area contributed by atoms with Crippen molar-refractivity contribution in [2.75, 3.05) is 11.9 Å². The Morgan fingerprint density at radius 2 is 2.15 bits per heavy atom. The van der Waals surface area contributed by atoms with E-state index in [9.17, 15) is 18.0 Å². The number of aromatic nitrogens is 5. The van der Waals surface area contributed by atoms with Crippen LogP contribution in [0.2, 0.25) is 5.02 Å². The van der Waals surface area contributed by atoms with Crippen LogP contribution in [0.3, 0.4) is 0 Å². The maximum atomic E-state index is 12.2. The quantitative estimate of drug-likeness (QED) is 0.601. The van der Waals surface area contributed by atoms with Gasteiger partial charge < -0.3 is 15.6 Å². The summed E-state index contributed by atoms with van der Waals surface area (Å²) in [4.78, 5) is 31.0. The van der Waals surface area contributed by atoms with Gasteiger partial charge in [0, 0.05) is 27.6 Å². The van der Waals surface area contributed by atoms with E-state index in [1.165, 1.54) is 19.4 Å². The van der Waals surface area contributed by atoms with Crippen molar-refractivity contribution in [1.29, 1.82) is 0 Å². The molecule has 3 heterocycles. The molecule has 0 aliphatic carbocycles. The van der Waals surface area contributed by atoms with Crippen molar-refractivity contribution in [2.45, 2.75) is 19.1 Å². The number of hydrogen-bond donors (Lipinski definition) is 3. The van der Waals surface area contributed by atoms with Crippen molar-refractivity contribution in [3.63, 3.8) is 0 Å². The molecule has 0 aliphatic rings. The van der Waals surface area contributed by atoms with E-state index >= 15 is 0 Å². The van der Waals surface area contributed by atoms with Gasteiger partial charge >= 0.3 is 6.18 Å². The van der Waals surface area contributed by atoms with Crippen LogP contribution in [-0.2, 0) is 4.79 Å². The number of halogens is 4. The number of anilines is 1. The topological polar surface area (TPSA) is 108 Å². The summed E-state index contributed by atoms with van der Waals surface area (Å²) in [5, 5.41) is 5.56. The van der Waals surface area contributed by atoms with Gasteiger partial charge in [-0.25, -0.2) is 15.0 Å². The number of carbonyl (C=O) groups excluding carboxylic acids is 1. The summed E-state index contributed by atoms with van der Waals surface area (Å²) in [6.07, 6.45) is -0.124. The zero-order valence-corrected chi connectivity index (χ0v) is 14.6. The Hall–Kier alpha value is -2.95. The Labute approximate surface area is 160 Å². The molecule has 0 aliphatic heterocycles. The van der Waals surface area contributed by atoms with E-state index in [0.29, 0.717) is 21.6 Å². The molecule has 0 radical (unpaired) electrons. The van der Waals surface area contributed by atoms with Gasteiger partial charge in [0.15, 0.2) is 5.82 Å². The molecule has 1 amide bonds. The van der Waals surface area contributed by atoms with Crippen molar-refractivity contribution in [3.05, 3.63) is 29.8 Å². The van der Waals surface area contributed by atoms with Crippen LogP contribution >= 0.6 is 11.6 Å². The first-order valence-electron chi connectivity index (χ1n) is 7.66. The molecule has 3 rings (SSSR count). The minimum atomic E-state index is -4.49. The summed E-state index contributed by atoms with van der Waals surface area (Å²) in [7, 11) is 0. The monoisotopic (exact) mass is 405 g/mol. The second kappa shape index (κ2) is 7.35. The van der Waals surface area contributed by atoms with Gasteiger partial charge in [-0.15, -0.1) is 0 Å². The van der Waals surface area contributed by atoms with Crippen LogP contribution in [0.4, 0.5) is 19.1 Å². The second-order valence-electron chi connectivity index (χ2n) is 5.58. The maximum absolute atomic E-state index is 12.2. The van der Waals surface area contributed by atoms with E-state index in [2.05, 4.69) is 30.2 Å². The molecule has 0 bridgehead atoms. The number of rotatable bonds is 5. The van der Waals surface area contributed by atoms with Crippen LogP contribution in [0.25, 0.3) is 22.4 Å². The number of carbonyl (C=O) groups is 1. The van der Waals surface area contributed by atoms with E-state index in [4.69, 9.17) is 11.6 Å². The molecule has 0 aromatic carbocycles. The normalized spacial score (nSPS) is 12.8. The molecule has 8 nitrogen and oxygen atoms in total. The molecular formula is C15H19ClF3N7O. The molecular weight excluding hydrogens is 387 g/mol. The van der Waals surface area contributed by atoms with Crippen molar-refractivity contribution in [1.82, 2.24) is 30.2 Å². The van der Waals surface area contributed by atoms with Crippen LogP contribution < -0.4 is 10.6 Å². The van der Waals surface area contributed by atoms with Gasteiger partial charge in [0.1, 0.15) is 24.6 Å². The lowest BCUT2D eigenvalue weighted by Crippen LogP contribution is -2.42. The highest BCUT2D eigenvalue weighted by atomic mass is 35.5. The predicted molar refractivity (Wildman–Crippen MR) is 98.4 cm³/mol. The van der Waals surface area contributed by atoms with Gasteiger partial charge in [0.05, 0.1) is 5.02 Å². The largest absolute Gasteiger partial charge is 0.405 e. The number of alkyl halides is 3. The van der Waals surface area contributed by atoms with Gasteiger partial charge in [-0.3, -0.25) is 4.79 Å². The van der Waals surface area contributed by atoms with Crippen molar-refractivity contribution < 1.29 is 22.2 Å². The summed E-state index contributed by atoms with van der Waals surface area (Å²) in [6.45, 7) is -0.0199. The predicted octanol–water partition coefficient (Wildman–Crippen LogP) is 3.29. The van der Waals surface area contributed by atoms with E-state index in [1.54, 1.807) is 17.6 Å². The number of amides is 1. The van der Waals surface area contributed by atoms with Gasteiger partial charge in [0.25, 0.3) is 0 Å². The smallest absolute Gasteiger partial charge is 0.345 e. The van der Waals surface area contributed by atoms with Crippen LogP contribution in [-0.4, -0.2) is 49.6 Å². The highest BCUT2D eigenvalue weighted by Gasteiger charge is 2.28. The zero-order valence-electron chi connectivity index (χ0n) is 13.8. The van der Waals surface area contributed by atoms with Crippen LogP contribution in [0.15, 0.2) is 24.8 Å². The molecule has 0 unspecified atom stereocenters. The fraction of sp³-hybridized carbons (Fsp3) is 0.267. The molecule has 27 heavy (non-hydrogen) atoms. The molecule has 1 atom stereocenters. The molecule has 12 heteroatoms. The first-order valence-corrected chi connectivity index (χ1v) is 8.04. The molecule has 3 N–H and O–H groups in total. The van der Waals surface area contributed by atoms with E-state index in [-0.39, 0.29) is 16.1 Å². The molecule has 0 saturated heterocycles. The van der Waals surface area contributed by atoms with Crippen molar-refractivity contribution >= 4 is 34.5 Å². The molecule has 0 spiro atoms. The van der Waals surface area contributed by atoms with Crippen molar-refractivity contribution in [2.24, 2.45) is 0 Å². The van der Waals surface area contributed by atoms with E-state index in [0.717, 1.165) is 0 Å². The second-order valence-corrected chi connectivity index (χ2v) is 6.02. The van der Waals surface area contributed by atoms with E-state index < -0.39 is 24.7 Å². The highest BCUT2D eigenvalue weighted by Crippen LogP contribution is 2.27. The number of H-pyrrole nitrogens is 1. The number of aromatic amines is 1. The zero-order chi connectivity index (χ0) is 19.6. The molecule has 0 fully saturated rings. The maximum Gasteiger partial charge on any atom is 0.405 e. The van der Waals surface area contributed by atoms with Crippen LogP contribution in [0.5, 0.6) is 0 Å². The molecule has 0 saturated carbocycles. The minimum Gasteiger partial charge on any atom is -0.345 e. The minimum absolute atomic E-state index is 0. The lowest BCUT2D eigenvalue weighted by Gasteiger charge is -2.15. The fourth-order valence-electron chi connectivity index (χ4n) is 2.26. The molecule has 3 aromatic heterocycles. The Morgan fingerprint density at radius 3 is 2.89 bits per heavy atom. The third-order valence-corrected chi connectivity index (χ3v) is 3.72. The summed E-state index contributed by atoms with van der Waals surface area (Å²) in [5.41, 5.74) is 1.20. The van der Waals surface area contributed by atoms with Gasteiger partial charge in [-0.1, -0.05) is 11.6 Å². The number of hydrogen-bond acceptors (Lipinski definition) is 6. The standard InChI is InChI=1S/C15H13ClF3N7O.3H2/c1-7(13(27)22-5-15(17,18)19)25-14-24-6-23-12(26-14)10-4-21-11-9(10)2-8(16)3-20-11;;;/h2-4,6-7H,5H2,1H3,(H,20,21)(H,22,27)(H,23,24,25,26);3*1H/t7-;;;/m1.../s1. The number of nitrogens with one attached hydrogen (secondary N) is 3. The van der Waals surface area contributed by atoms with Gasteiger partial charge in [-0.05, 0) is 13.0 Å². The highest BCUT2D eigenvalue weighted by molar-refractivity contribution is 6.31. The third-order valence-electron chi connectivity index (χ3n) is 3.51. The Morgan fingerprint density at radius 1 is 1.37 bits per heavy atom. The Bertz CT molecular complexity index is 990. The summed E-state index contributed by atoms with van der Waals surface area (Å²) in [6, 6.07) is 0.710. The summed E-state index contributed by atoms with van der Waals surface area (Å²) in [5.74, 6) is -0.512. The van der Waals surface area contributed by atoms with E-state index in [1.807, 2.05) is 0 Å². The molecule has 3 aromatic rings. The average molecular weight is 406 g/mol. The van der Waals surface area contributed by atoms with Gasteiger partial charge in [-0.2, -0.15) is 18.2 Å². The summed E-state index contributed by atoms with van der Waals surface area (Å²) >= 11 is 5.97. The average Bonchev–Trinajstić information content (AvgIpc) is 3.02. The van der Waals surface area contributed by atoms with Crippen LogP contribution in [0.1, 0.15) is 11.2 Å².